The van der Waals surface area contributed by atoms with Crippen LogP contribution >= 0.6 is 24.4 Å². The van der Waals surface area contributed by atoms with E-state index in [-0.39, 0.29) is 11.7 Å². The molecule has 0 aliphatic carbocycles. The summed E-state index contributed by atoms with van der Waals surface area (Å²) in [6, 6.07) is 6.13. The summed E-state index contributed by atoms with van der Waals surface area (Å²) in [5.41, 5.74) is 6.09. The van der Waals surface area contributed by atoms with Crippen LogP contribution in [0.2, 0.25) is 0 Å². The standard InChI is InChI=1S/C11H15N5O2S2/c1-7(2)12-10(19)14-15-11(20)13-8-3-5-9(6-4-8)16(17)18/h3-7H,1-2H3,(H2,12,14,19)(H2,13,15,20). The van der Waals surface area contributed by atoms with Gasteiger partial charge in [0.05, 0.1) is 4.92 Å². The largest absolute Gasteiger partial charge is 0.359 e. The number of anilines is 1. The number of hydrazine groups is 1. The second-order valence-corrected chi connectivity index (χ2v) is 4.95. The summed E-state index contributed by atoms with van der Waals surface area (Å²) in [4.78, 5) is 10.1. The molecule has 0 radical (unpaired) electrons. The predicted molar refractivity (Wildman–Crippen MR) is 86.5 cm³/mol. The van der Waals surface area contributed by atoms with E-state index in [2.05, 4.69) is 21.5 Å². The molecular weight excluding hydrogens is 298 g/mol. The van der Waals surface area contributed by atoms with Crippen molar-refractivity contribution >= 4 is 46.0 Å². The van der Waals surface area contributed by atoms with E-state index in [9.17, 15) is 10.1 Å². The van der Waals surface area contributed by atoms with E-state index in [4.69, 9.17) is 24.4 Å². The summed E-state index contributed by atoms with van der Waals surface area (Å²) < 4.78 is 0. The fourth-order valence-electron chi connectivity index (χ4n) is 1.24. The zero-order valence-corrected chi connectivity index (χ0v) is 12.6. The van der Waals surface area contributed by atoms with E-state index in [1.54, 1.807) is 12.1 Å². The first-order valence-electron chi connectivity index (χ1n) is 5.76. The molecule has 0 aliphatic rings. The van der Waals surface area contributed by atoms with Crippen LogP contribution in [-0.2, 0) is 0 Å². The number of nitrogens with zero attached hydrogens (tertiary/aromatic N) is 1. The first-order chi connectivity index (χ1) is 9.38. The fourth-order valence-corrected chi connectivity index (χ4v) is 1.70. The first kappa shape index (κ1) is 16.1. The molecule has 4 N–H and O–H groups in total. The van der Waals surface area contributed by atoms with Crippen molar-refractivity contribution in [2.24, 2.45) is 0 Å². The molecule has 20 heavy (non-hydrogen) atoms. The van der Waals surface area contributed by atoms with E-state index >= 15 is 0 Å². The minimum Gasteiger partial charge on any atom is -0.359 e. The van der Waals surface area contributed by atoms with Gasteiger partial charge in [-0.05, 0) is 50.4 Å². The Hall–Kier alpha value is -2.00. The fraction of sp³-hybridized carbons (Fsp3) is 0.273. The molecule has 0 amide bonds. The van der Waals surface area contributed by atoms with Crippen LogP contribution in [0.3, 0.4) is 0 Å². The first-order valence-corrected chi connectivity index (χ1v) is 6.58. The van der Waals surface area contributed by atoms with Crippen molar-refractivity contribution in [3.05, 3.63) is 34.4 Å². The Morgan fingerprint density at radius 3 is 2.20 bits per heavy atom. The van der Waals surface area contributed by atoms with Gasteiger partial charge in [-0.25, -0.2) is 0 Å². The molecule has 0 unspecified atom stereocenters. The third-order valence-electron chi connectivity index (χ3n) is 2.05. The summed E-state index contributed by atoms with van der Waals surface area (Å²) in [5.74, 6) is 0. The zero-order valence-electron chi connectivity index (χ0n) is 11.0. The Labute approximate surface area is 127 Å². The second-order valence-electron chi connectivity index (χ2n) is 4.14. The molecule has 0 spiro atoms. The van der Waals surface area contributed by atoms with E-state index < -0.39 is 4.92 Å². The van der Waals surface area contributed by atoms with Crippen molar-refractivity contribution in [1.82, 2.24) is 16.2 Å². The van der Waals surface area contributed by atoms with Crippen molar-refractivity contribution in [3.8, 4) is 0 Å². The molecule has 0 aliphatic heterocycles. The van der Waals surface area contributed by atoms with Gasteiger partial charge < -0.3 is 10.6 Å². The minimum atomic E-state index is -0.460. The second kappa shape index (κ2) is 7.56. The minimum absolute atomic E-state index is 0.0230. The topological polar surface area (TPSA) is 91.3 Å². The quantitative estimate of drug-likeness (QED) is 0.380. The molecule has 0 heterocycles. The maximum Gasteiger partial charge on any atom is 0.269 e. The SMILES string of the molecule is CC(C)NC(=S)NNC(=S)Nc1ccc([N+](=O)[O-])cc1. The van der Waals surface area contributed by atoms with Crippen LogP contribution in [0.25, 0.3) is 0 Å². The summed E-state index contributed by atoms with van der Waals surface area (Å²) in [6.45, 7) is 3.92. The van der Waals surface area contributed by atoms with Crippen LogP contribution in [-0.4, -0.2) is 21.2 Å². The molecule has 108 valence electrons. The molecule has 7 nitrogen and oxygen atoms in total. The molecule has 9 heteroatoms. The highest BCUT2D eigenvalue weighted by Crippen LogP contribution is 2.14. The summed E-state index contributed by atoms with van der Waals surface area (Å²) >= 11 is 10.1. The number of benzene rings is 1. The van der Waals surface area contributed by atoms with Gasteiger partial charge in [-0.1, -0.05) is 0 Å². The number of nitrogens with one attached hydrogen (secondary N) is 4. The smallest absolute Gasteiger partial charge is 0.269 e. The molecular formula is C11H15N5O2S2. The van der Waals surface area contributed by atoms with Crippen molar-refractivity contribution in [2.75, 3.05) is 5.32 Å². The van der Waals surface area contributed by atoms with Gasteiger partial charge in [0.2, 0.25) is 0 Å². The molecule has 0 saturated heterocycles. The van der Waals surface area contributed by atoms with Crippen LogP contribution < -0.4 is 21.5 Å². The Balaban J connectivity index is 2.42. The van der Waals surface area contributed by atoms with E-state index in [1.807, 2.05) is 13.8 Å². The molecule has 1 aromatic carbocycles. The van der Waals surface area contributed by atoms with Gasteiger partial charge in [0.15, 0.2) is 10.2 Å². The third kappa shape index (κ3) is 5.76. The van der Waals surface area contributed by atoms with Gasteiger partial charge in [0.25, 0.3) is 5.69 Å². The molecule has 0 fully saturated rings. The van der Waals surface area contributed by atoms with Gasteiger partial charge in [0.1, 0.15) is 0 Å². The number of nitro groups is 1. The van der Waals surface area contributed by atoms with E-state index in [1.165, 1.54) is 12.1 Å². The van der Waals surface area contributed by atoms with Crippen molar-refractivity contribution in [2.45, 2.75) is 19.9 Å². The highest BCUT2D eigenvalue weighted by Gasteiger charge is 2.05. The van der Waals surface area contributed by atoms with Crippen LogP contribution in [0.5, 0.6) is 0 Å². The highest BCUT2D eigenvalue weighted by molar-refractivity contribution is 7.80. The third-order valence-corrected chi connectivity index (χ3v) is 2.47. The maximum atomic E-state index is 10.5. The summed E-state index contributed by atoms with van der Waals surface area (Å²) in [7, 11) is 0. The monoisotopic (exact) mass is 313 g/mol. The summed E-state index contributed by atoms with van der Waals surface area (Å²) in [5, 5.41) is 17.1. The number of hydrogen-bond acceptors (Lipinski definition) is 4. The van der Waals surface area contributed by atoms with Crippen molar-refractivity contribution < 1.29 is 4.92 Å². The Kier molecular flexibility index (Phi) is 6.07. The van der Waals surface area contributed by atoms with Gasteiger partial charge in [-0.15, -0.1) is 0 Å². The average molecular weight is 313 g/mol. The Bertz CT molecular complexity index is 504. The lowest BCUT2D eigenvalue weighted by Crippen LogP contribution is -2.49. The van der Waals surface area contributed by atoms with Crippen LogP contribution in [0, 0.1) is 10.1 Å². The molecule has 0 bridgehead atoms. The van der Waals surface area contributed by atoms with Gasteiger partial charge >= 0.3 is 0 Å². The average Bonchev–Trinajstić information content (AvgIpc) is 2.36. The van der Waals surface area contributed by atoms with Crippen LogP contribution in [0.15, 0.2) is 24.3 Å². The zero-order chi connectivity index (χ0) is 15.1. The normalized spacial score (nSPS) is 9.75. The number of non-ortho nitro benzene ring substituents is 1. The summed E-state index contributed by atoms with van der Waals surface area (Å²) in [6.07, 6.45) is 0. The van der Waals surface area contributed by atoms with Gasteiger partial charge in [-0.3, -0.25) is 21.0 Å². The van der Waals surface area contributed by atoms with Gasteiger partial charge in [0, 0.05) is 23.9 Å². The number of thiocarbonyl (C=S) groups is 2. The molecule has 0 atom stereocenters. The molecule has 0 saturated carbocycles. The van der Waals surface area contributed by atoms with Gasteiger partial charge in [-0.2, -0.15) is 0 Å². The Morgan fingerprint density at radius 1 is 1.15 bits per heavy atom. The molecule has 1 aromatic rings. The lowest BCUT2D eigenvalue weighted by molar-refractivity contribution is -0.384. The number of rotatable bonds is 3. The van der Waals surface area contributed by atoms with Crippen molar-refractivity contribution in [3.63, 3.8) is 0 Å². The van der Waals surface area contributed by atoms with E-state index in [0.717, 1.165) is 0 Å². The Morgan fingerprint density at radius 2 is 1.70 bits per heavy atom. The van der Waals surface area contributed by atoms with Crippen molar-refractivity contribution in [1.29, 1.82) is 0 Å². The lowest BCUT2D eigenvalue weighted by atomic mass is 10.3. The molecule has 0 aromatic heterocycles. The van der Waals surface area contributed by atoms with E-state index in [0.29, 0.717) is 15.9 Å². The number of hydrogen-bond donors (Lipinski definition) is 4. The predicted octanol–water partition coefficient (Wildman–Crippen LogP) is 1.67. The molecule has 1 rings (SSSR count). The number of nitro benzene ring substituents is 1. The van der Waals surface area contributed by atoms with Crippen LogP contribution in [0.4, 0.5) is 11.4 Å². The highest BCUT2D eigenvalue weighted by atomic mass is 32.1. The van der Waals surface area contributed by atoms with Crippen LogP contribution in [0.1, 0.15) is 13.8 Å². The maximum absolute atomic E-state index is 10.5. The lowest BCUT2D eigenvalue weighted by Gasteiger charge is -2.15.